The van der Waals surface area contributed by atoms with Crippen molar-refractivity contribution in [3.8, 4) is 0 Å². The normalized spacial score (nSPS) is 11.9. The summed E-state index contributed by atoms with van der Waals surface area (Å²) in [6.45, 7) is 16.7. The molecule has 1 rings (SSSR count). The summed E-state index contributed by atoms with van der Waals surface area (Å²) >= 11 is 4.27. The minimum absolute atomic E-state index is 0.502. The molecule has 0 saturated carbocycles. The van der Waals surface area contributed by atoms with Gasteiger partial charge in [-0.1, -0.05) is 87.1 Å². The molecule has 0 aliphatic heterocycles. The lowest BCUT2D eigenvalue weighted by Gasteiger charge is -2.21. The van der Waals surface area contributed by atoms with Crippen molar-refractivity contribution in [1.29, 1.82) is 0 Å². The first-order chi connectivity index (χ1) is 12.6. The van der Waals surface area contributed by atoms with Crippen molar-refractivity contribution in [2.24, 2.45) is 11.7 Å². The Morgan fingerprint density at radius 3 is 2.00 bits per heavy atom. The number of rotatable bonds is 5. The van der Waals surface area contributed by atoms with Gasteiger partial charge in [0.2, 0.25) is 0 Å². The maximum Gasteiger partial charge on any atom is 0.00486 e. The number of nitrogens with two attached hydrogens (primary N) is 1. The van der Waals surface area contributed by atoms with E-state index in [1.807, 2.05) is 20.8 Å². The van der Waals surface area contributed by atoms with Crippen molar-refractivity contribution in [3.63, 3.8) is 0 Å². The van der Waals surface area contributed by atoms with Crippen LogP contribution >= 0.6 is 12.2 Å². The van der Waals surface area contributed by atoms with Gasteiger partial charge in [-0.25, -0.2) is 0 Å². The molecular formula is C24H41NS. The zero-order valence-corrected chi connectivity index (χ0v) is 19.3. The fraction of sp³-hybridized carbons (Fsp3) is 0.458. The van der Waals surface area contributed by atoms with Gasteiger partial charge < -0.3 is 5.73 Å². The van der Waals surface area contributed by atoms with Crippen molar-refractivity contribution < 1.29 is 0 Å². The van der Waals surface area contributed by atoms with Gasteiger partial charge in [0.15, 0.2) is 0 Å². The SMILES string of the molecule is C/C=C\C=C(/C)C(CC)/C(=C/C)c1ccccc1C.CC.CC=S.CN. The molecule has 1 unspecified atom stereocenters. The van der Waals surface area contributed by atoms with Gasteiger partial charge in [-0.15, -0.1) is 0 Å². The minimum atomic E-state index is 0.502. The van der Waals surface area contributed by atoms with Crippen molar-refractivity contribution in [1.82, 2.24) is 0 Å². The van der Waals surface area contributed by atoms with Gasteiger partial charge in [0.05, 0.1) is 0 Å². The number of thiocarbonyl (C=S) groups is 1. The van der Waals surface area contributed by atoms with Crippen LogP contribution in [0.2, 0.25) is 0 Å². The molecule has 0 fully saturated rings. The molecule has 1 nitrogen and oxygen atoms in total. The van der Waals surface area contributed by atoms with Gasteiger partial charge in [0, 0.05) is 5.92 Å². The number of aryl methyl sites for hydroxylation is 1. The van der Waals surface area contributed by atoms with Crippen LogP contribution in [0, 0.1) is 12.8 Å². The maximum absolute atomic E-state index is 4.50. The van der Waals surface area contributed by atoms with Crippen molar-refractivity contribution in [2.75, 3.05) is 7.05 Å². The lowest BCUT2D eigenvalue weighted by Crippen LogP contribution is -2.05. The zero-order valence-electron chi connectivity index (χ0n) is 18.5. The van der Waals surface area contributed by atoms with Gasteiger partial charge in [-0.3, -0.25) is 0 Å². The molecule has 0 spiro atoms. The third kappa shape index (κ3) is 11.9. The summed E-state index contributed by atoms with van der Waals surface area (Å²) < 4.78 is 0. The first-order valence-electron chi connectivity index (χ1n) is 9.56. The smallest absolute Gasteiger partial charge is 0.00486 e. The van der Waals surface area contributed by atoms with Crippen LogP contribution in [-0.4, -0.2) is 12.4 Å². The van der Waals surface area contributed by atoms with E-state index < -0.39 is 0 Å². The highest BCUT2D eigenvalue weighted by atomic mass is 32.1. The number of allylic oxidation sites excluding steroid dienone is 6. The fourth-order valence-electron chi connectivity index (χ4n) is 2.59. The Labute approximate surface area is 169 Å². The van der Waals surface area contributed by atoms with Crippen molar-refractivity contribution in [3.05, 3.63) is 65.3 Å². The first-order valence-corrected chi connectivity index (χ1v) is 10.0. The number of benzene rings is 1. The predicted molar refractivity (Wildman–Crippen MR) is 128 cm³/mol. The molecule has 0 aromatic heterocycles. The molecule has 148 valence electrons. The van der Waals surface area contributed by atoms with Gasteiger partial charge >= 0.3 is 0 Å². The molecule has 26 heavy (non-hydrogen) atoms. The molecule has 2 heteroatoms. The maximum atomic E-state index is 4.50. The Morgan fingerprint density at radius 2 is 1.62 bits per heavy atom. The quantitative estimate of drug-likeness (QED) is 0.424. The van der Waals surface area contributed by atoms with Gasteiger partial charge in [0.1, 0.15) is 0 Å². The van der Waals surface area contributed by atoms with Crippen LogP contribution < -0.4 is 5.73 Å². The van der Waals surface area contributed by atoms with Crippen LogP contribution in [-0.2, 0) is 0 Å². The van der Waals surface area contributed by atoms with E-state index in [1.165, 1.54) is 29.3 Å². The van der Waals surface area contributed by atoms with E-state index in [0.717, 1.165) is 6.42 Å². The zero-order chi connectivity index (χ0) is 21.0. The summed E-state index contributed by atoms with van der Waals surface area (Å²) in [6, 6.07) is 8.66. The van der Waals surface area contributed by atoms with Gasteiger partial charge in [0.25, 0.3) is 0 Å². The highest BCUT2D eigenvalue weighted by Gasteiger charge is 2.16. The summed E-state index contributed by atoms with van der Waals surface area (Å²) in [6.07, 6.45) is 9.84. The standard InChI is InChI=1S/C19H26.C2H4S.C2H6.CH5N/c1-6-9-12-15(4)17(7-2)18(8-3)19-14-11-10-13-16(19)5;1-2-3;2*1-2/h6,8-14,17H,7H2,1-5H3;2H,1H3;1-2H3;2H2,1H3/b9-6-,15-12+,18-8-;;;. The van der Waals surface area contributed by atoms with E-state index >= 15 is 0 Å². The average Bonchev–Trinajstić information content (AvgIpc) is 2.68. The van der Waals surface area contributed by atoms with Gasteiger partial charge in [-0.05, 0) is 70.2 Å². The molecule has 0 aliphatic carbocycles. The molecular weight excluding hydrogens is 334 g/mol. The molecule has 0 heterocycles. The highest BCUT2D eigenvalue weighted by molar-refractivity contribution is 7.78. The second kappa shape index (κ2) is 21.5. The van der Waals surface area contributed by atoms with Crippen LogP contribution in [0.25, 0.3) is 5.57 Å². The lowest BCUT2D eigenvalue weighted by atomic mass is 9.83. The Balaban J connectivity index is -0.000000663. The Hall–Kier alpha value is -1.51. The topological polar surface area (TPSA) is 26.0 Å². The molecule has 1 atom stereocenters. The van der Waals surface area contributed by atoms with E-state index in [4.69, 9.17) is 0 Å². The molecule has 0 radical (unpaired) electrons. The molecule has 0 amide bonds. The minimum Gasteiger partial charge on any atom is -0.333 e. The second-order valence-corrected chi connectivity index (χ2v) is 5.66. The van der Waals surface area contributed by atoms with E-state index in [-0.39, 0.29) is 0 Å². The van der Waals surface area contributed by atoms with Crippen LogP contribution in [0.5, 0.6) is 0 Å². The average molecular weight is 376 g/mol. The van der Waals surface area contributed by atoms with Crippen molar-refractivity contribution >= 4 is 23.2 Å². The van der Waals surface area contributed by atoms with Crippen LogP contribution in [0.15, 0.2) is 54.1 Å². The third-order valence-corrected chi connectivity index (χ3v) is 3.65. The molecule has 2 N–H and O–H groups in total. The second-order valence-electron chi connectivity index (χ2n) is 5.19. The number of hydrogen-bond acceptors (Lipinski definition) is 2. The predicted octanol–water partition coefficient (Wildman–Crippen LogP) is 7.55. The Kier molecular flexibility index (Phi) is 24.2. The van der Waals surface area contributed by atoms with E-state index in [9.17, 15) is 0 Å². The van der Waals surface area contributed by atoms with E-state index in [2.05, 4.69) is 101 Å². The molecule has 1 aromatic carbocycles. The lowest BCUT2D eigenvalue weighted by molar-refractivity contribution is 0.744. The Bertz CT molecular complexity index is 539. The van der Waals surface area contributed by atoms with Crippen LogP contribution in [0.4, 0.5) is 0 Å². The first kappa shape index (κ1) is 29.3. The molecule has 0 saturated heterocycles. The van der Waals surface area contributed by atoms with Crippen molar-refractivity contribution in [2.45, 2.75) is 61.8 Å². The summed E-state index contributed by atoms with van der Waals surface area (Å²) in [5, 5.41) is 1.58. The summed E-state index contributed by atoms with van der Waals surface area (Å²) in [5.41, 5.74) is 10.1. The Morgan fingerprint density at radius 1 is 1.12 bits per heavy atom. The van der Waals surface area contributed by atoms with Crippen LogP contribution in [0.3, 0.4) is 0 Å². The largest absolute Gasteiger partial charge is 0.333 e. The fourth-order valence-corrected chi connectivity index (χ4v) is 2.59. The van der Waals surface area contributed by atoms with E-state index in [0.29, 0.717) is 5.92 Å². The summed E-state index contributed by atoms with van der Waals surface area (Å²) in [7, 11) is 1.50. The number of hydrogen-bond donors (Lipinski definition) is 1. The molecule has 0 bridgehead atoms. The van der Waals surface area contributed by atoms with Crippen LogP contribution in [0.1, 0.15) is 66.0 Å². The molecule has 0 aliphatic rings. The third-order valence-electron chi connectivity index (χ3n) is 3.65. The highest BCUT2D eigenvalue weighted by Crippen LogP contribution is 2.33. The summed E-state index contributed by atoms with van der Waals surface area (Å²) in [5.74, 6) is 0.502. The summed E-state index contributed by atoms with van der Waals surface area (Å²) in [4.78, 5) is 0. The monoisotopic (exact) mass is 375 g/mol. The van der Waals surface area contributed by atoms with E-state index in [1.54, 1.807) is 5.37 Å². The molecule has 1 aromatic rings. The van der Waals surface area contributed by atoms with Gasteiger partial charge in [-0.2, -0.15) is 0 Å².